The van der Waals surface area contributed by atoms with E-state index in [2.05, 4.69) is 38.4 Å². The van der Waals surface area contributed by atoms with E-state index in [0.717, 1.165) is 31.4 Å². The molecule has 0 N–H and O–H groups in total. The average Bonchev–Trinajstić information content (AvgIpc) is 2.65. The lowest BCUT2D eigenvalue weighted by Crippen LogP contribution is -2.37. The van der Waals surface area contributed by atoms with Crippen LogP contribution in [0.5, 0.6) is 0 Å². The smallest absolute Gasteiger partial charge is 0.0622 e. The first-order chi connectivity index (χ1) is 6.65. The van der Waals surface area contributed by atoms with E-state index in [9.17, 15) is 0 Å². The SMILES string of the molecule is CC(C)C(CS)CN(C)C1CCOC1. The topological polar surface area (TPSA) is 12.5 Å². The van der Waals surface area contributed by atoms with Gasteiger partial charge in [-0.3, -0.25) is 0 Å². The van der Waals surface area contributed by atoms with Crippen molar-refractivity contribution < 1.29 is 4.74 Å². The van der Waals surface area contributed by atoms with Crippen molar-refractivity contribution in [2.24, 2.45) is 11.8 Å². The molecule has 0 aromatic rings. The molecule has 0 bridgehead atoms. The van der Waals surface area contributed by atoms with Crippen LogP contribution in [-0.2, 0) is 4.74 Å². The van der Waals surface area contributed by atoms with E-state index in [1.54, 1.807) is 0 Å². The molecule has 2 unspecified atom stereocenters. The Morgan fingerprint density at radius 3 is 2.64 bits per heavy atom. The molecule has 0 amide bonds. The zero-order valence-corrected chi connectivity index (χ0v) is 10.5. The van der Waals surface area contributed by atoms with E-state index >= 15 is 0 Å². The van der Waals surface area contributed by atoms with Gasteiger partial charge < -0.3 is 9.64 Å². The molecule has 1 fully saturated rings. The second-order valence-electron chi connectivity index (χ2n) is 4.64. The molecule has 0 saturated carbocycles. The van der Waals surface area contributed by atoms with Gasteiger partial charge in [-0.05, 0) is 31.1 Å². The molecule has 1 saturated heterocycles. The van der Waals surface area contributed by atoms with E-state index in [1.807, 2.05) is 0 Å². The molecule has 1 aliphatic heterocycles. The summed E-state index contributed by atoms with van der Waals surface area (Å²) in [6.45, 7) is 7.55. The molecule has 0 spiro atoms. The standard InChI is InChI=1S/C11H23NOS/c1-9(2)10(8-14)6-12(3)11-4-5-13-7-11/h9-11,14H,4-8H2,1-3H3. The molecule has 84 valence electrons. The quantitative estimate of drug-likeness (QED) is 0.706. The Hall–Kier alpha value is 0.270. The molecule has 2 atom stereocenters. The highest BCUT2D eigenvalue weighted by atomic mass is 32.1. The molecule has 1 aliphatic rings. The van der Waals surface area contributed by atoms with Gasteiger partial charge in [0.25, 0.3) is 0 Å². The van der Waals surface area contributed by atoms with E-state index in [1.165, 1.54) is 6.42 Å². The van der Waals surface area contributed by atoms with Crippen LogP contribution in [0.2, 0.25) is 0 Å². The first-order valence-corrected chi connectivity index (χ1v) is 6.17. The van der Waals surface area contributed by atoms with Crippen LogP contribution in [0.25, 0.3) is 0 Å². The van der Waals surface area contributed by atoms with Gasteiger partial charge in [0.1, 0.15) is 0 Å². The van der Waals surface area contributed by atoms with Crippen molar-refractivity contribution in [3.8, 4) is 0 Å². The molecular weight excluding hydrogens is 194 g/mol. The zero-order valence-electron chi connectivity index (χ0n) is 9.57. The van der Waals surface area contributed by atoms with Crippen LogP contribution >= 0.6 is 12.6 Å². The van der Waals surface area contributed by atoms with Crippen molar-refractivity contribution in [2.75, 3.05) is 32.6 Å². The first-order valence-electron chi connectivity index (χ1n) is 5.54. The third-order valence-corrected chi connectivity index (χ3v) is 3.70. The summed E-state index contributed by atoms with van der Waals surface area (Å²) >= 11 is 4.41. The maximum atomic E-state index is 5.39. The fourth-order valence-electron chi connectivity index (χ4n) is 1.87. The Morgan fingerprint density at radius 1 is 1.50 bits per heavy atom. The van der Waals surface area contributed by atoms with Crippen LogP contribution in [0.15, 0.2) is 0 Å². The van der Waals surface area contributed by atoms with Crippen LogP contribution in [-0.4, -0.2) is 43.5 Å². The normalized spacial score (nSPS) is 24.9. The minimum atomic E-state index is 0.635. The summed E-state index contributed by atoms with van der Waals surface area (Å²) in [5.74, 6) is 2.40. The van der Waals surface area contributed by atoms with Gasteiger partial charge >= 0.3 is 0 Å². The van der Waals surface area contributed by atoms with Crippen LogP contribution in [0.4, 0.5) is 0 Å². The highest BCUT2D eigenvalue weighted by molar-refractivity contribution is 7.80. The number of thiol groups is 1. The zero-order chi connectivity index (χ0) is 10.6. The predicted molar refractivity (Wildman–Crippen MR) is 64.0 cm³/mol. The van der Waals surface area contributed by atoms with Gasteiger partial charge in [-0.1, -0.05) is 13.8 Å². The highest BCUT2D eigenvalue weighted by Gasteiger charge is 2.23. The lowest BCUT2D eigenvalue weighted by atomic mass is 9.97. The van der Waals surface area contributed by atoms with Crippen molar-refractivity contribution in [3.63, 3.8) is 0 Å². The molecule has 2 nitrogen and oxygen atoms in total. The summed E-state index contributed by atoms with van der Waals surface area (Å²) in [5, 5.41) is 0. The Labute approximate surface area is 93.4 Å². The summed E-state index contributed by atoms with van der Waals surface area (Å²) in [6, 6.07) is 0.635. The number of ether oxygens (including phenoxy) is 1. The summed E-state index contributed by atoms with van der Waals surface area (Å²) in [6.07, 6.45) is 1.19. The van der Waals surface area contributed by atoms with Crippen LogP contribution in [0.3, 0.4) is 0 Å². The average molecular weight is 217 g/mol. The van der Waals surface area contributed by atoms with Gasteiger partial charge in [-0.25, -0.2) is 0 Å². The maximum Gasteiger partial charge on any atom is 0.0622 e. The molecule has 1 heterocycles. The fourth-order valence-corrected chi connectivity index (χ4v) is 2.41. The lowest BCUT2D eigenvalue weighted by Gasteiger charge is -2.29. The largest absolute Gasteiger partial charge is 0.380 e. The first kappa shape index (κ1) is 12.3. The molecular formula is C11H23NOS. The number of hydrogen-bond donors (Lipinski definition) is 1. The van der Waals surface area contributed by atoms with Crippen molar-refractivity contribution in [2.45, 2.75) is 26.3 Å². The second kappa shape index (κ2) is 5.99. The minimum Gasteiger partial charge on any atom is -0.380 e. The van der Waals surface area contributed by atoms with Gasteiger partial charge in [-0.15, -0.1) is 0 Å². The second-order valence-corrected chi connectivity index (χ2v) is 5.01. The van der Waals surface area contributed by atoms with Crippen LogP contribution < -0.4 is 0 Å². The molecule has 0 aliphatic carbocycles. The Kier molecular flexibility index (Phi) is 5.28. The van der Waals surface area contributed by atoms with Gasteiger partial charge in [0.15, 0.2) is 0 Å². The van der Waals surface area contributed by atoms with Crippen LogP contribution in [0.1, 0.15) is 20.3 Å². The fraction of sp³-hybridized carbons (Fsp3) is 1.00. The van der Waals surface area contributed by atoms with E-state index in [4.69, 9.17) is 4.74 Å². The molecule has 1 rings (SSSR count). The molecule has 0 aromatic heterocycles. The minimum absolute atomic E-state index is 0.635. The lowest BCUT2D eigenvalue weighted by molar-refractivity contribution is 0.145. The maximum absolute atomic E-state index is 5.39. The summed E-state index contributed by atoms with van der Waals surface area (Å²) in [4.78, 5) is 2.44. The van der Waals surface area contributed by atoms with Crippen molar-refractivity contribution in [1.29, 1.82) is 0 Å². The van der Waals surface area contributed by atoms with Crippen molar-refractivity contribution in [1.82, 2.24) is 4.90 Å². The summed E-state index contributed by atoms with van der Waals surface area (Å²) in [5.41, 5.74) is 0. The monoisotopic (exact) mass is 217 g/mol. The molecule has 3 heteroatoms. The Balaban J connectivity index is 2.33. The van der Waals surface area contributed by atoms with E-state index in [-0.39, 0.29) is 0 Å². The van der Waals surface area contributed by atoms with Gasteiger partial charge in [-0.2, -0.15) is 12.6 Å². The van der Waals surface area contributed by atoms with Gasteiger partial charge in [0.2, 0.25) is 0 Å². The third-order valence-electron chi connectivity index (χ3n) is 3.23. The van der Waals surface area contributed by atoms with Crippen molar-refractivity contribution >= 4 is 12.6 Å². The summed E-state index contributed by atoms with van der Waals surface area (Å²) < 4.78 is 5.39. The van der Waals surface area contributed by atoms with E-state index in [0.29, 0.717) is 12.0 Å². The van der Waals surface area contributed by atoms with E-state index < -0.39 is 0 Å². The molecule has 0 radical (unpaired) electrons. The Morgan fingerprint density at radius 2 is 2.21 bits per heavy atom. The van der Waals surface area contributed by atoms with Crippen LogP contribution in [0, 0.1) is 11.8 Å². The number of likely N-dealkylation sites (N-methyl/N-ethyl adjacent to an activating group) is 1. The highest BCUT2D eigenvalue weighted by Crippen LogP contribution is 2.17. The van der Waals surface area contributed by atoms with Gasteiger partial charge in [0.05, 0.1) is 6.61 Å². The number of rotatable bonds is 5. The molecule has 0 aromatic carbocycles. The third kappa shape index (κ3) is 3.44. The molecule has 14 heavy (non-hydrogen) atoms. The summed E-state index contributed by atoms with van der Waals surface area (Å²) in [7, 11) is 2.21. The Bertz CT molecular complexity index is 157. The van der Waals surface area contributed by atoms with Gasteiger partial charge in [0, 0.05) is 19.2 Å². The number of hydrogen-bond acceptors (Lipinski definition) is 3. The van der Waals surface area contributed by atoms with Crippen molar-refractivity contribution in [3.05, 3.63) is 0 Å². The predicted octanol–water partition coefficient (Wildman–Crippen LogP) is 1.91. The number of nitrogens with zero attached hydrogens (tertiary/aromatic N) is 1.